The van der Waals surface area contributed by atoms with E-state index >= 15 is 0 Å². The second-order valence-corrected chi connectivity index (χ2v) is 7.34. The van der Waals surface area contributed by atoms with Crippen LogP contribution in [0, 0.1) is 17.7 Å². The van der Waals surface area contributed by atoms with Crippen LogP contribution in [0.3, 0.4) is 0 Å². The number of carbonyl (C=O) groups excluding carboxylic acids is 1. The fourth-order valence-corrected chi connectivity index (χ4v) is 4.13. The fraction of sp³-hybridized carbons (Fsp3) is 0.526. The third kappa shape index (κ3) is 3.49. The largest absolute Gasteiger partial charge is 0.342 e. The highest BCUT2D eigenvalue weighted by Crippen LogP contribution is 2.37. The number of carbonyl (C=O) groups is 1. The maximum absolute atomic E-state index is 13.0. The Balaban J connectivity index is 1.26. The van der Waals surface area contributed by atoms with Crippen LogP contribution in [-0.4, -0.2) is 40.1 Å². The molecule has 1 amide bonds. The van der Waals surface area contributed by atoms with E-state index in [-0.39, 0.29) is 17.8 Å². The van der Waals surface area contributed by atoms with Crippen LogP contribution >= 0.6 is 0 Å². The number of amides is 1. The van der Waals surface area contributed by atoms with Crippen molar-refractivity contribution < 1.29 is 13.7 Å². The zero-order valence-corrected chi connectivity index (χ0v) is 14.6. The summed E-state index contributed by atoms with van der Waals surface area (Å²) in [5, 5.41) is 3.92. The molecular formula is C19H23FN4O2. The molecule has 0 radical (unpaired) electrons. The predicted octanol–water partition coefficient (Wildman–Crippen LogP) is 2.39. The van der Waals surface area contributed by atoms with Gasteiger partial charge in [0.25, 0.3) is 0 Å². The second kappa shape index (κ2) is 7.15. The van der Waals surface area contributed by atoms with Gasteiger partial charge < -0.3 is 15.2 Å². The number of benzene rings is 1. The van der Waals surface area contributed by atoms with Crippen LogP contribution in [0.4, 0.5) is 4.39 Å². The van der Waals surface area contributed by atoms with Crippen molar-refractivity contribution in [1.82, 2.24) is 15.0 Å². The molecule has 1 aromatic heterocycles. The van der Waals surface area contributed by atoms with Gasteiger partial charge in [-0.2, -0.15) is 4.98 Å². The third-order valence-corrected chi connectivity index (χ3v) is 5.62. The Morgan fingerprint density at radius 1 is 1.27 bits per heavy atom. The zero-order chi connectivity index (χ0) is 18.1. The Kier molecular flexibility index (Phi) is 4.72. The van der Waals surface area contributed by atoms with Gasteiger partial charge in [-0.3, -0.25) is 4.79 Å². The summed E-state index contributed by atoms with van der Waals surface area (Å²) in [6.07, 6.45) is 3.93. The molecule has 6 nitrogen and oxygen atoms in total. The molecule has 3 atom stereocenters. The molecule has 2 N–H and O–H groups in total. The summed E-state index contributed by atoms with van der Waals surface area (Å²) in [6, 6.07) is 6.20. The molecule has 1 saturated heterocycles. The van der Waals surface area contributed by atoms with Gasteiger partial charge in [0.1, 0.15) is 5.82 Å². The van der Waals surface area contributed by atoms with Gasteiger partial charge in [0.05, 0.1) is 0 Å². The molecule has 7 heteroatoms. The smallest absolute Gasteiger partial charge is 0.226 e. The van der Waals surface area contributed by atoms with E-state index in [1.165, 1.54) is 12.1 Å². The number of halogens is 1. The van der Waals surface area contributed by atoms with E-state index in [4.69, 9.17) is 10.3 Å². The Hall–Kier alpha value is -2.28. The van der Waals surface area contributed by atoms with Crippen LogP contribution in [0.5, 0.6) is 0 Å². The van der Waals surface area contributed by atoms with Crippen LogP contribution in [-0.2, 0) is 11.2 Å². The van der Waals surface area contributed by atoms with Crippen LogP contribution in [0.2, 0.25) is 0 Å². The molecule has 2 fully saturated rings. The average molecular weight is 358 g/mol. The maximum Gasteiger partial charge on any atom is 0.226 e. The lowest BCUT2D eigenvalue weighted by molar-refractivity contribution is -0.130. The van der Waals surface area contributed by atoms with Crippen molar-refractivity contribution in [2.24, 2.45) is 17.6 Å². The summed E-state index contributed by atoms with van der Waals surface area (Å²) in [7, 11) is 0. The average Bonchev–Trinajstić information content (AvgIpc) is 3.33. The minimum Gasteiger partial charge on any atom is -0.342 e. The summed E-state index contributed by atoms with van der Waals surface area (Å²) >= 11 is 0. The molecule has 3 unspecified atom stereocenters. The van der Waals surface area contributed by atoms with Crippen molar-refractivity contribution in [2.75, 3.05) is 13.1 Å². The number of hydrogen-bond donors (Lipinski definition) is 1. The van der Waals surface area contributed by atoms with Gasteiger partial charge in [0.2, 0.25) is 17.6 Å². The number of nitrogens with two attached hydrogens (primary N) is 1. The number of fused-ring (bicyclic) bond motifs is 1. The Labute approximate surface area is 151 Å². The van der Waals surface area contributed by atoms with Gasteiger partial charge in [-0.25, -0.2) is 4.39 Å². The first-order valence-corrected chi connectivity index (χ1v) is 9.22. The van der Waals surface area contributed by atoms with Crippen molar-refractivity contribution in [2.45, 2.75) is 38.1 Å². The molecule has 138 valence electrons. The van der Waals surface area contributed by atoms with Gasteiger partial charge in [0.15, 0.2) is 0 Å². The van der Waals surface area contributed by atoms with Crippen LogP contribution < -0.4 is 5.73 Å². The van der Waals surface area contributed by atoms with Crippen molar-refractivity contribution >= 4 is 5.91 Å². The highest BCUT2D eigenvalue weighted by molar-refractivity contribution is 5.76. The lowest BCUT2D eigenvalue weighted by Crippen LogP contribution is -2.33. The summed E-state index contributed by atoms with van der Waals surface area (Å²) in [5.41, 5.74) is 6.84. The highest BCUT2D eigenvalue weighted by Gasteiger charge is 2.42. The van der Waals surface area contributed by atoms with E-state index in [0.29, 0.717) is 48.4 Å². The van der Waals surface area contributed by atoms with E-state index in [1.807, 2.05) is 4.90 Å². The van der Waals surface area contributed by atoms with Crippen LogP contribution in [0.25, 0.3) is 11.4 Å². The molecule has 2 aromatic rings. The SMILES string of the molecule is NC1CCC2CN(C(=O)CCCc3nc(-c4ccc(F)cc4)no3)CC12. The maximum atomic E-state index is 13.0. The quantitative estimate of drug-likeness (QED) is 0.887. The highest BCUT2D eigenvalue weighted by atomic mass is 19.1. The summed E-state index contributed by atoms with van der Waals surface area (Å²) < 4.78 is 18.2. The lowest BCUT2D eigenvalue weighted by Gasteiger charge is -2.18. The van der Waals surface area contributed by atoms with Crippen LogP contribution in [0.1, 0.15) is 31.6 Å². The van der Waals surface area contributed by atoms with Crippen molar-refractivity contribution in [3.63, 3.8) is 0 Å². The summed E-state index contributed by atoms with van der Waals surface area (Å²) in [5.74, 6) is 1.88. The molecule has 1 aliphatic carbocycles. The predicted molar refractivity (Wildman–Crippen MR) is 93.4 cm³/mol. The Morgan fingerprint density at radius 2 is 2.08 bits per heavy atom. The van der Waals surface area contributed by atoms with Crippen molar-refractivity contribution in [1.29, 1.82) is 0 Å². The standard InChI is InChI=1S/C19H23FN4O2/c20-14-7-4-12(5-8-14)19-22-17(26-23-19)2-1-3-18(25)24-10-13-6-9-16(21)15(13)11-24/h4-5,7-8,13,15-16H,1-3,6,9-11,21H2. The number of aryl methyl sites for hydroxylation is 1. The number of nitrogens with zero attached hydrogens (tertiary/aromatic N) is 3. The van der Waals surface area contributed by atoms with Crippen molar-refractivity contribution in [3.05, 3.63) is 36.0 Å². The first kappa shape index (κ1) is 17.1. The molecule has 2 heterocycles. The molecule has 4 rings (SSSR count). The summed E-state index contributed by atoms with van der Waals surface area (Å²) in [6.45, 7) is 1.66. The topological polar surface area (TPSA) is 85.2 Å². The lowest BCUT2D eigenvalue weighted by atomic mass is 9.98. The molecule has 1 aliphatic heterocycles. The molecule has 2 aliphatic rings. The van der Waals surface area contributed by atoms with Crippen LogP contribution in [0.15, 0.2) is 28.8 Å². The van der Waals surface area contributed by atoms with Gasteiger partial charge in [-0.05, 0) is 55.4 Å². The van der Waals surface area contributed by atoms with Gasteiger partial charge >= 0.3 is 0 Å². The van der Waals surface area contributed by atoms with E-state index in [0.717, 1.165) is 25.9 Å². The number of hydrogen-bond acceptors (Lipinski definition) is 5. The van der Waals surface area contributed by atoms with Gasteiger partial charge in [-0.1, -0.05) is 5.16 Å². The number of aromatic nitrogens is 2. The molecule has 26 heavy (non-hydrogen) atoms. The van der Waals surface area contributed by atoms with Crippen molar-refractivity contribution in [3.8, 4) is 11.4 Å². The third-order valence-electron chi connectivity index (χ3n) is 5.62. The van der Waals surface area contributed by atoms with E-state index < -0.39 is 0 Å². The van der Waals surface area contributed by atoms with Gasteiger partial charge in [0, 0.05) is 37.5 Å². The zero-order valence-electron chi connectivity index (χ0n) is 14.6. The van der Waals surface area contributed by atoms with E-state index in [2.05, 4.69) is 10.1 Å². The first-order chi connectivity index (χ1) is 12.6. The Bertz CT molecular complexity index is 776. The number of likely N-dealkylation sites (tertiary alicyclic amines) is 1. The minimum atomic E-state index is -0.303. The molecule has 1 saturated carbocycles. The first-order valence-electron chi connectivity index (χ1n) is 9.22. The minimum absolute atomic E-state index is 0.185. The normalized spacial score (nSPS) is 24.8. The van der Waals surface area contributed by atoms with E-state index in [1.54, 1.807) is 12.1 Å². The van der Waals surface area contributed by atoms with E-state index in [9.17, 15) is 9.18 Å². The number of rotatable bonds is 5. The molecular weight excluding hydrogens is 335 g/mol. The Morgan fingerprint density at radius 3 is 2.85 bits per heavy atom. The second-order valence-electron chi connectivity index (χ2n) is 7.34. The molecule has 1 aromatic carbocycles. The fourth-order valence-electron chi connectivity index (χ4n) is 4.13. The van der Waals surface area contributed by atoms with Gasteiger partial charge in [-0.15, -0.1) is 0 Å². The molecule has 0 spiro atoms. The summed E-state index contributed by atoms with van der Waals surface area (Å²) in [4.78, 5) is 18.7. The monoisotopic (exact) mass is 358 g/mol. The molecule has 0 bridgehead atoms.